The highest BCUT2D eigenvalue weighted by atomic mass is 14.9. The Balaban J connectivity index is 2.01. The van der Waals surface area contributed by atoms with Gasteiger partial charge in [0.05, 0.1) is 5.41 Å². The van der Waals surface area contributed by atoms with Gasteiger partial charge in [-0.25, -0.2) is 9.97 Å². The van der Waals surface area contributed by atoms with E-state index in [1.165, 1.54) is 17.5 Å². The van der Waals surface area contributed by atoms with Crippen molar-refractivity contribution in [1.82, 2.24) is 15.3 Å². The highest BCUT2D eigenvalue weighted by Gasteiger charge is 2.43. The molecule has 0 aliphatic heterocycles. The first-order valence-electron chi connectivity index (χ1n) is 7.74. The third-order valence-corrected chi connectivity index (χ3v) is 4.88. The van der Waals surface area contributed by atoms with Crippen LogP contribution in [0.25, 0.3) is 0 Å². The SMILES string of the molecule is CNC(C)c1cnc(C2(c3ccccc3)CCC2)nc1C. The fraction of sp³-hybridized carbons (Fsp3) is 0.444. The zero-order chi connectivity index (χ0) is 14.9. The van der Waals surface area contributed by atoms with E-state index >= 15 is 0 Å². The maximum Gasteiger partial charge on any atom is 0.139 e. The van der Waals surface area contributed by atoms with Crippen LogP contribution in [0.15, 0.2) is 36.5 Å². The lowest BCUT2D eigenvalue weighted by molar-refractivity contribution is 0.284. The molecule has 0 spiro atoms. The van der Waals surface area contributed by atoms with Gasteiger partial charge in [0.2, 0.25) is 0 Å². The fourth-order valence-corrected chi connectivity index (χ4v) is 3.22. The summed E-state index contributed by atoms with van der Waals surface area (Å²) in [5.74, 6) is 0.990. The molecule has 1 heterocycles. The fourth-order valence-electron chi connectivity index (χ4n) is 3.22. The summed E-state index contributed by atoms with van der Waals surface area (Å²) in [5, 5.41) is 3.26. The quantitative estimate of drug-likeness (QED) is 0.931. The Morgan fingerprint density at radius 1 is 1.19 bits per heavy atom. The number of aromatic nitrogens is 2. The van der Waals surface area contributed by atoms with Gasteiger partial charge in [0, 0.05) is 23.5 Å². The van der Waals surface area contributed by atoms with Crippen molar-refractivity contribution in [2.75, 3.05) is 7.05 Å². The second-order valence-electron chi connectivity index (χ2n) is 6.05. The van der Waals surface area contributed by atoms with E-state index in [-0.39, 0.29) is 11.5 Å². The van der Waals surface area contributed by atoms with Crippen molar-refractivity contribution in [1.29, 1.82) is 0 Å². The summed E-state index contributed by atoms with van der Waals surface area (Å²) in [6.07, 6.45) is 5.56. The number of aryl methyl sites for hydroxylation is 1. The van der Waals surface area contributed by atoms with Crippen molar-refractivity contribution in [2.24, 2.45) is 0 Å². The third-order valence-electron chi connectivity index (χ3n) is 4.88. The normalized spacial score (nSPS) is 18.0. The van der Waals surface area contributed by atoms with Crippen LogP contribution in [0.1, 0.15) is 54.9 Å². The van der Waals surface area contributed by atoms with Gasteiger partial charge in [-0.1, -0.05) is 36.8 Å². The zero-order valence-electron chi connectivity index (χ0n) is 13.1. The van der Waals surface area contributed by atoms with Crippen LogP contribution >= 0.6 is 0 Å². The molecular weight excluding hydrogens is 258 g/mol. The first kappa shape index (κ1) is 14.2. The molecule has 0 radical (unpaired) electrons. The Morgan fingerprint density at radius 3 is 2.43 bits per heavy atom. The minimum Gasteiger partial charge on any atom is -0.313 e. The van der Waals surface area contributed by atoms with Crippen LogP contribution in [0.3, 0.4) is 0 Å². The van der Waals surface area contributed by atoms with E-state index in [9.17, 15) is 0 Å². The molecule has 1 aliphatic carbocycles. The predicted molar refractivity (Wildman–Crippen MR) is 85.3 cm³/mol. The molecule has 0 bridgehead atoms. The lowest BCUT2D eigenvalue weighted by Gasteiger charge is -2.41. The standard InChI is InChI=1S/C18H23N3/c1-13(19-3)16-12-20-17(21-14(16)2)18(10-7-11-18)15-8-5-4-6-9-15/h4-6,8-9,12-13,19H,7,10-11H2,1-3H3. The van der Waals surface area contributed by atoms with E-state index < -0.39 is 0 Å². The smallest absolute Gasteiger partial charge is 0.139 e. The summed E-state index contributed by atoms with van der Waals surface area (Å²) >= 11 is 0. The Hall–Kier alpha value is -1.74. The summed E-state index contributed by atoms with van der Waals surface area (Å²) < 4.78 is 0. The van der Waals surface area contributed by atoms with E-state index in [1.54, 1.807) is 0 Å². The molecule has 1 N–H and O–H groups in total. The molecule has 1 fully saturated rings. The second-order valence-corrected chi connectivity index (χ2v) is 6.05. The minimum absolute atomic E-state index is 0.0352. The van der Waals surface area contributed by atoms with Crippen molar-refractivity contribution < 1.29 is 0 Å². The van der Waals surface area contributed by atoms with Gasteiger partial charge in [-0.05, 0) is 39.3 Å². The van der Waals surface area contributed by atoms with E-state index in [0.29, 0.717) is 0 Å². The number of hydrogen-bond acceptors (Lipinski definition) is 3. The maximum atomic E-state index is 4.86. The highest BCUT2D eigenvalue weighted by molar-refractivity contribution is 5.36. The van der Waals surface area contributed by atoms with E-state index in [2.05, 4.69) is 49.5 Å². The van der Waals surface area contributed by atoms with Crippen LogP contribution in [0.2, 0.25) is 0 Å². The van der Waals surface area contributed by atoms with Crippen molar-refractivity contribution in [2.45, 2.75) is 44.6 Å². The Bertz CT molecular complexity index is 618. The predicted octanol–water partition coefficient (Wildman–Crippen LogP) is 3.54. The second kappa shape index (κ2) is 5.57. The molecular formula is C18H23N3. The molecule has 2 aromatic rings. The Labute approximate surface area is 126 Å². The van der Waals surface area contributed by atoms with Gasteiger partial charge >= 0.3 is 0 Å². The molecule has 21 heavy (non-hydrogen) atoms. The number of nitrogens with zero attached hydrogens (tertiary/aromatic N) is 2. The molecule has 3 nitrogen and oxygen atoms in total. The van der Waals surface area contributed by atoms with Crippen LogP contribution in [-0.4, -0.2) is 17.0 Å². The number of hydrogen-bond donors (Lipinski definition) is 1. The summed E-state index contributed by atoms with van der Waals surface area (Å²) in [7, 11) is 1.97. The molecule has 1 aromatic carbocycles. The van der Waals surface area contributed by atoms with Gasteiger partial charge in [-0.2, -0.15) is 0 Å². The zero-order valence-corrected chi connectivity index (χ0v) is 13.1. The van der Waals surface area contributed by atoms with E-state index in [4.69, 9.17) is 9.97 Å². The highest BCUT2D eigenvalue weighted by Crippen LogP contribution is 2.47. The molecule has 3 heteroatoms. The largest absolute Gasteiger partial charge is 0.313 e. The van der Waals surface area contributed by atoms with Crippen LogP contribution in [0, 0.1) is 6.92 Å². The monoisotopic (exact) mass is 281 g/mol. The Kier molecular flexibility index (Phi) is 3.77. The molecule has 3 rings (SSSR count). The van der Waals surface area contributed by atoms with Crippen molar-refractivity contribution in [3.8, 4) is 0 Å². The lowest BCUT2D eigenvalue weighted by Crippen LogP contribution is -2.37. The lowest BCUT2D eigenvalue weighted by atomic mass is 9.64. The van der Waals surface area contributed by atoms with Gasteiger partial charge in [0.1, 0.15) is 5.82 Å². The molecule has 1 atom stereocenters. The molecule has 1 aromatic heterocycles. The average molecular weight is 281 g/mol. The van der Waals surface area contributed by atoms with Crippen LogP contribution in [0.5, 0.6) is 0 Å². The molecule has 1 aliphatic rings. The van der Waals surface area contributed by atoms with Crippen molar-refractivity contribution in [3.63, 3.8) is 0 Å². The van der Waals surface area contributed by atoms with Gasteiger partial charge in [-0.3, -0.25) is 0 Å². The summed E-state index contributed by atoms with van der Waals surface area (Å²) in [6.45, 7) is 4.23. The van der Waals surface area contributed by atoms with E-state index in [1.807, 2.05) is 13.2 Å². The maximum absolute atomic E-state index is 4.86. The van der Waals surface area contributed by atoms with Gasteiger partial charge in [-0.15, -0.1) is 0 Å². The van der Waals surface area contributed by atoms with Crippen molar-refractivity contribution in [3.05, 3.63) is 59.2 Å². The molecule has 0 amide bonds. The van der Waals surface area contributed by atoms with Gasteiger partial charge in [0.15, 0.2) is 0 Å². The number of rotatable bonds is 4. The van der Waals surface area contributed by atoms with Crippen LogP contribution in [-0.2, 0) is 5.41 Å². The van der Waals surface area contributed by atoms with Crippen LogP contribution in [0.4, 0.5) is 0 Å². The van der Waals surface area contributed by atoms with Gasteiger partial charge in [0.25, 0.3) is 0 Å². The Morgan fingerprint density at radius 2 is 1.90 bits per heavy atom. The van der Waals surface area contributed by atoms with Gasteiger partial charge < -0.3 is 5.32 Å². The summed E-state index contributed by atoms with van der Waals surface area (Å²) in [5.41, 5.74) is 3.66. The minimum atomic E-state index is 0.0352. The number of benzene rings is 1. The summed E-state index contributed by atoms with van der Waals surface area (Å²) in [4.78, 5) is 9.59. The van der Waals surface area contributed by atoms with E-state index in [0.717, 1.165) is 24.4 Å². The third kappa shape index (κ3) is 2.36. The first-order chi connectivity index (χ1) is 10.2. The molecule has 1 saturated carbocycles. The van der Waals surface area contributed by atoms with Crippen molar-refractivity contribution >= 4 is 0 Å². The topological polar surface area (TPSA) is 37.8 Å². The first-order valence-corrected chi connectivity index (χ1v) is 7.74. The number of nitrogens with one attached hydrogen (secondary N) is 1. The van der Waals surface area contributed by atoms with Crippen LogP contribution < -0.4 is 5.32 Å². The molecule has 110 valence electrons. The average Bonchev–Trinajstić information content (AvgIpc) is 2.47. The molecule has 1 unspecified atom stereocenters. The molecule has 0 saturated heterocycles. The summed E-state index contributed by atoms with van der Waals surface area (Å²) in [6, 6.07) is 11.0.